The Morgan fingerprint density at radius 1 is 1.26 bits per heavy atom. The fourth-order valence-electron chi connectivity index (χ4n) is 1.91. The summed E-state index contributed by atoms with van der Waals surface area (Å²) in [4.78, 5) is 16.5. The molecule has 118 valence electrons. The zero-order valence-electron chi connectivity index (χ0n) is 11.6. The van der Waals surface area contributed by atoms with Crippen LogP contribution in [0.2, 0.25) is 0 Å². The van der Waals surface area contributed by atoms with Gasteiger partial charge in [0.15, 0.2) is 11.6 Å². The van der Waals surface area contributed by atoms with Crippen LogP contribution in [0.4, 0.5) is 8.78 Å². The molecule has 0 unspecified atom stereocenters. The van der Waals surface area contributed by atoms with Crippen molar-refractivity contribution in [3.05, 3.63) is 57.9 Å². The van der Waals surface area contributed by atoms with Crippen LogP contribution in [-0.4, -0.2) is 10.9 Å². The Hall–Kier alpha value is -2.32. The van der Waals surface area contributed by atoms with Gasteiger partial charge >= 0.3 is 0 Å². The van der Waals surface area contributed by atoms with Crippen molar-refractivity contribution in [1.29, 1.82) is 0 Å². The zero-order valence-corrected chi connectivity index (χ0v) is 13.2. The Kier molecular flexibility index (Phi) is 4.35. The SMILES string of the molecule is NC(=O)c1c(F)ccc(OCc2csc(-c3cccs3)n2)c1F. The molecule has 4 nitrogen and oxygen atoms in total. The number of thiazole rings is 1. The number of amides is 1. The maximum atomic E-state index is 14.0. The highest BCUT2D eigenvalue weighted by molar-refractivity contribution is 7.20. The number of halogens is 2. The van der Waals surface area contributed by atoms with E-state index in [9.17, 15) is 13.6 Å². The molecule has 8 heteroatoms. The van der Waals surface area contributed by atoms with E-state index in [0.717, 1.165) is 22.0 Å². The number of primary amides is 1. The van der Waals surface area contributed by atoms with Gasteiger partial charge in [-0.25, -0.2) is 13.8 Å². The van der Waals surface area contributed by atoms with Gasteiger partial charge < -0.3 is 10.5 Å². The number of nitrogens with zero attached hydrogens (tertiary/aromatic N) is 1. The third-order valence-corrected chi connectivity index (χ3v) is 4.89. The van der Waals surface area contributed by atoms with Crippen molar-refractivity contribution in [2.24, 2.45) is 5.73 Å². The molecule has 2 aromatic heterocycles. The fourth-order valence-corrected chi connectivity index (χ4v) is 3.53. The molecule has 0 aliphatic carbocycles. The average Bonchev–Trinajstić information content (AvgIpc) is 3.17. The maximum Gasteiger partial charge on any atom is 0.254 e. The highest BCUT2D eigenvalue weighted by Crippen LogP contribution is 2.29. The Morgan fingerprint density at radius 2 is 2.09 bits per heavy atom. The van der Waals surface area contributed by atoms with Gasteiger partial charge in [0.1, 0.15) is 23.0 Å². The van der Waals surface area contributed by atoms with E-state index < -0.39 is 23.1 Å². The molecule has 1 aromatic carbocycles. The van der Waals surface area contributed by atoms with E-state index in [4.69, 9.17) is 10.5 Å². The lowest BCUT2D eigenvalue weighted by Crippen LogP contribution is -2.16. The summed E-state index contributed by atoms with van der Waals surface area (Å²) in [6, 6.07) is 5.93. The van der Waals surface area contributed by atoms with Gasteiger partial charge in [-0.05, 0) is 23.6 Å². The van der Waals surface area contributed by atoms with E-state index in [1.54, 1.807) is 16.7 Å². The van der Waals surface area contributed by atoms with Crippen molar-refractivity contribution in [1.82, 2.24) is 4.98 Å². The van der Waals surface area contributed by atoms with Crippen LogP contribution < -0.4 is 10.5 Å². The molecule has 2 heterocycles. The van der Waals surface area contributed by atoms with Gasteiger partial charge in [-0.15, -0.1) is 22.7 Å². The first-order valence-electron chi connectivity index (χ1n) is 6.45. The van der Waals surface area contributed by atoms with E-state index in [1.807, 2.05) is 17.5 Å². The highest BCUT2D eigenvalue weighted by atomic mass is 32.1. The van der Waals surface area contributed by atoms with E-state index in [-0.39, 0.29) is 12.4 Å². The van der Waals surface area contributed by atoms with Crippen molar-refractivity contribution in [2.75, 3.05) is 0 Å². The first-order chi connectivity index (χ1) is 11.1. The molecule has 0 saturated heterocycles. The third kappa shape index (κ3) is 3.22. The zero-order chi connectivity index (χ0) is 16.4. The lowest BCUT2D eigenvalue weighted by molar-refractivity contribution is 0.0991. The van der Waals surface area contributed by atoms with Crippen LogP contribution in [0.5, 0.6) is 5.75 Å². The van der Waals surface area contributed by atoms with Crippen LogP contribution in [0.25, 0.3) is 9.88 Å². The summed E-state index contributed by atoms with van der Waals surface area (Å²) in [6.45, 7) is 0.00261. The monoisotopic (exact) mass is 352 g/mol. The molecule has 2 N–H and O–H groups in total. The predicted octanol–water partition coefficient (Wildman–Crippen LogP) is 3.83. The summed E-state index contributed by atoms with van der Waals surface area (Å²) in [6.07, 6.45) is 0. The normalized spacial score (nSPS) is 10.7. The molecule has 23 heavy (non-hydrogen) atoms. The molecule has 0 spiro atoms. The van der Waals surface area contributed by atoms with E-state index in [2.05, 4.69) is 4.98 Å². The quantitative estimate of drug-likeness (QED) is 0.759. The first kappa shape index (κ1) is 15.6. The molecule has 0 atom stereocenters. The number of benzene rings is 1. The van der Waals surface area contributed by atoms with Gasteiger partial charge in [-0.3, -0.25) is 4.79 Å². The largest absolute Gasteiger partial charge is 0.484 e. The van der Waals surface area contributed by atoms with E-state index in [1.165, 1.54) is 11.3 Å². The van der Waals surface area contributed by atoms with Gasteiger partial charge in [-0.1, -0.05) is 6.07 Å². The smallest absolute Gasteiger partial charge is 0.254 e. The second-order valence-corrected chi connectivity index (χ2v) is 6.31. The lowest BCUT2D eigenvalue weighted by Gasteiger charge is -2.08. The molecule has 0 radical (unpaired) electrons. The number of rotatable bonds is 5. The van der Waals surface area contributed by atoms with Crippen LogP contribution in [0.1, 0.15) is 16.1 Å². The minimum absolute atomic E-state index is 0.00261. The van der Waals surface area contributed by atoms with Crippen molar-refractivity contribution in [3.8, 4) is 15.6 Å². The van der Waals surface area contributed by atoms with Crippen LogP contribution in [0.15, 0.2) is 35.0 Å². The molecular formula is C15H10F2N2O2S2. The minimum atomic E-state index is -1.18. The Balaban J connectivity index is 1.76. The van der Waals surface area contributed by atoms with Gasteiger partial charge in [0.05, 0.1) is 10.6 Å². The number of aromatic nitrogens is 1. The van der Waals surface area contributed by atoms with Crippen molar-refractivity contribution in [2.45, 2.75) is 6.61 Å². The van der Waals surface area contributed by atoms with Crippen molar-refractivity contribution in [3.63, 3.8) is 0 Å². The second-order valence-electron chi connectivity index (χ2n) is 4.51. The Bertz CT molecular complexity index is 847. The summed E-state index contributed by atoms with van der Waals surface area (Å²) in [7, 11) is 0. The molecule has 0 fully saturated rings. The molecule has 0 aliphatic heterocycles. The van der Waals surface area contributed by atoms with Gasteiger partial charge in [0, 0.05) is 5.38 Å². The van der Waals surface area contributed by atoms with Crippen LogP contribution in [0, 0.1) is 11.6 Å². The molecular weight excluding hydrogens is 342 g/mol. The average molecular weight is 352 g/mol. The first-order valence-corrected chi connectivity index (χ1v) is 8.21. The van der Waals surface area contributed by atoms with Gasteiger partial charge in [-0.2, -0.15) is 0 Å². The standard InChI is InChI=1S/C15H10F2N2O2S2/c16-9-3-4-10(13(17)12(9)14(18)20)21-6-8-7-23-15(19-8)11-2-1-5-22-11/h1-5,7H,6H2,(H2,18,20). The molecule has 3 aromatic rings. The number of ether oxygens (including phenoxy) is 1. The predicted molar refractivity (Wildman–Crippen MR) is 84.6 cm³/mol. The Labute approximate surface area is 138 Å². The Morgan fingerprint density at radius 3 is 2.78 bits per heavy atom. The topological polar surface area (TPSA) is 65.2 Å². The maximum absolute atomic E-state index is 14.0. The molecule has 1 amide bonds. The van der Waals surface area contributed by atoms with Crippen LogP contribution in [0.3, 0.4) is 0 Å². The lowest BCUT2D eigenvalue weighted by atomic mass is 10.1. The summed E-state index contributed by atoms with van der Waals surface area (Å²) >= 11 is 3.02. The minimum Gasteiger partial charge on any atom is -0.484 e. The summed E-state index contributed by atoms with van der Waals surface area (Å²) in [5.41, 5.74) is 4.77. The number of nitrogens with two attached hydrogens (primary N) is 1. The second kappa shape index (κ2) is 6.43. The number of thiophene rings is 1. The number of hydrogen-bond donors (Lipinski definition) is 1. The van der Waals surface area contributed by atoms with Crippen LogP contribution >= 0.6 is 22.7 Å². The summed E-state index contributed by atoms with van der Waals surface area (Å²) in [5, 5.41) is 4.59. The molecule has 3 rings (SSSR count). The van der Waals surface area contributed by atoms with E-state index in [0.29, 0.717) is 5.69 Å². The molecule has 0 aliphatic rings. The van der Waals surface area contributed by atoms with Crippen molar-refractivity contribution < 1.29 is 18.3 Å². The fraction of sp³-hybridized carbons (Fsp3) is 0.0667. The molecule has 0 saturated carbocycles. The number of carbonyl (C=O) groups excluding carboxylic acids is 1. The van der Waals surface area contributed by atoms with Gasteiger partial charge in [0.2, 0.25) is 0 Å². The van der Waals surface area contributed by atoms with E-state index >= 15 is 0 Å². The molecule has 0 bridgehead atoms. The van der Waals surface area contributed by atoms with Gasteiger partial charge in [0.25, 0.3) is 5.91 Å². The third-order valence-electron chi connectivity index (χ3n) is 2.96. The highest BCUT2D eigenvalue weighted by Gasteiger charge is 2.19. The van der Waals surface area contributed by atoms with Crippen molar-refractivity contribution >= 4 is 28.6 Å². The number of hydrogen-bond acceptors (Lipinski definition) is 5. The summed E-state index contributed by atoms with van der Waals surface area (Å²) < 4.78 is 32.7. The summed E-state index contributed by atoms with van der Waals surface area (Å²) in [5.74, 6) is -3.55. The number of carbonyl (C=O) groups is 1. The van der Waals surface area contributed by atoms with Crippen LogP contribution in [-0.2, 0) is 6.61 Å².